The largest absolute Gasteiger partial charge is 0.480 e. The summed E-state index contributed by atoms with van der Waals surface area (Å²) in [6.07, 6.45) is 2.52. The van der Waals surface area contributed by atoms with Crippen LogP contribution in [-0.2, 0) is 19.2 Å². The molecule has 0 aliphatic heterocycles. The highest BCUT2D eigenvalue weighted by Crippen LogP contribution is 2.06. The number of aliphatic hydroxyl groups is 1. The quantitative estimate of drug-likeness (QED) is 0.0632. The number of hydrogen-bond acceptors (Lipinski definition) is 8. The van der Waals surface area contributed by atoms with Crippen LogP contribution in [0.15, 0.2) is 4.99 Å². The van der Waals surface area contributed by atoms with Gasteiger partial charge >= 0.3 is 5.97 Å². The normalized spacial score (nSPS) is 14.5. The van der Waals surface area contributed by atoms with Crippen LogP contribution in [0, 0.1) is 5.92 Å². The minimum Gasteiger partial charge on any atom is -0.480 e. The Hall–Kier alpha value is -2.58. The molecule has 4 unspecified atom stereocenters. The minimum atomic E-state index is -1.54. The monoisotopic (exact) mass is 491 g/mol. The summed E-state index contributed by atoms with van der Waals surface area (Å²) in [7, 11) is 0. The fraction of sp³-hybridized carbons (Fsp3) is 0.737. The van der Waals surface area contributed by atoms with Gasteiger partial charge in [0.15, 0.2) is 5.96 Å². The summed E-state index contributed by atoms with van der Waals surface area (Å²) in [6, 6.07) is -4.44. The molecule has 4 atom stereocenters. The maximum absolute atomic E-state index is 12.9. The van der Waals surface area contributed by atoms with Crippen LogP contribution < -0.4 is 33.2 Å². The maximum atomic E-state index is 12.9. The van der Waals surface area contributed by atoms with Gasteiger partial charge in [0.1, 0.15) is 18.1 Å². The number of amides is 3. The molecule has 3 amide bonds. The van der Waals surface area contributed by atoms with E-state index < -0.39 is 54.5 Å². The van der Waals surface area contributed by atoms with Gasteiger partial charge in [-0.1, -0.05) is 13.8 Å². The zero-order chi connectivity index (χ0) is 25.6. The number of nitrogens with two attached hydrogens (primary N) is 3. The molecule has 0 heterocycles. The molecule has 0 aliphatic carbocycles. The number of carbonyl (C=O) groups excluding carboxylic acids is 3. The molecule has 0 bridgehead atoms. The summed E-state index contributed by atoms with van der Waals surface area (Å²) in [5.74, 6) is -3.06. The molecule has 13 nitrogen and oxygen atoms in total. The molecule has 33 heavy (non-hydrogen) atoms. The summed E-state index contributed by atoms with van der Waals surface area (Å²) in [5, 5.41) is 25.6. The first kappa shape index (κ1) is 30.4. The molecule has 0 aliphatic rings. The van der Waals surface area contributed by atoms with E-state index in [0.29, 0.717) is 18.6 Å². The Kier molecular flexibility index (Phi) is 14.8. The first-order chi connectivity index (χ1) is 15.4. The Morgan fingerprint density at radius 1 is 0.939 bits per heavy atom. The molecule has 0 spiro atoms. The number of carboxylic acids is 1. The van der Waals surface area contributed by atoms with Gasteiger partial charge in [-0.3, -0.25) is 19.4 Å². The van der Waals surface area contributed by atoms with Gasteiger partial charge in [-0.25, -0.2) is 4.79 Å². The first-order valence-corrected chi connectivity index (χ1v) is 11.9. The van der Waals surface area contributed by atoms with Gasteiger partial charge in [-0.15, -0.1) is 0 Å². The van der Waals surface area contributed by atoms with Crippen LogP contribution in [0.5, 0.6) is 0 Å². The van der Waals surface area contributed by atoms with Crippen molar-refractivity contribution in [3.05, 3.63) is 0 Å². The molecule has 0 saturated heterocycles. The average molecular weight is 492 g/mol. The van der Waals surface area contributed by atoms with Crippen LogP contribution in [0.25, 0.3) is 0 Å². The third-order valence-electron chi connectivity index (χ3n) is 4.64. The molecule has 11 N–H and O–H groups in total. The van der Waals surface area contributed by atoms with E-state index in [4.69, 9.17) is 22.3 Å². The van der Waals surface area contributed by atoms with Crippen molar-refractivity contribution in [1.82, 2.24) is 16.0 Å². The van der Waals surface area contributed by atoms with E-state index in [0.717, 1.165) is 0 Å². The molecule has 190 valence electrons. The topological polar surface area (TPSA) is 235 Å². The molecular formula is C19H37N7O6S. The Morgan fingerprint density at radius 2 is 1.45 bits per heavy atom. The SMILES string of the molecule is CSCCC(NC(=O)C(N)C(C)C)C(=O)NC(CCCN=C(N)N)C(=O)NC(CO)C(=O)O. The number of guanidine groups is 1. The van der Waals surface area contributed by atoms with E-state index in [1.807, 2.05) is 6.26 Å². The van der Waals surface area contributed by atoms with Gasteiger partial charge in [0.05, 0.1) is 12.6 Å². The highest BCUT2D eigenvalue weighted by Gasteiger charge is 2.30. The van der Waals surface area contributed by atoms with Crippen molar-refractivity contribution in [3.8, 4) is 0 Å². The van der Waals surface area contributed by atoms with Gasteiger partial charge in [0.2, 0.25) is 17.7 Å². The number of rotatable bonds is 16. The number of aliphatic imine (C=N–C) groups is 1. The van der Waals surface area contributed by atoms with Crippen molar-refractivity contribution >= 4 is 41.4 Å². The predicted octanol–water partition coefficient (Wildman–Crippen LogP) is -2.69. The van der Waals surface area contributed by atoms with E-state index in [2.05, 4.69) is 20.9 Å². The lowest BCUT2D eigenvalue weighted by atomic mass is 10.0. The number of aliphatic hydroxyl groups excluding tert-OH is 1. The Balaban J connectivity index is 5.48. The molecule has 0 aromatic carbocycles. The molecular weight excluding hydrogens is 454 g/mol. The van der Waals surface area contributed by atoms with Gasteiger partial charge in [-0.05, 0) is 37.2 Å². The molecule has 0 rings (SSSR count). The van der Waals surface area contributed by atoms with Crippen LogP contribution >= 0.6 is 11.8 Å². The van der Waals surface area contributed by atoms with Gasteiger partial charge in [0.25, 0.3) is 0 Å². The van der Waals surface area contributed by atoms with Crippen molar-refractivity contribution in [3.63, 3.8) is 0 Å². The molecule has 0 aromatic heterocycles. The van der Waals surface area contributed by atoms with E-state index >= 15 is 0 Å². The summed E-state index contributed by atoms with van der Waals surface area (Å²) in [6.45, 7) is 2.91. The summed E-state index contributed by atoms with van der Waals surface area (Å²) in [5.41, 5.74) is 16.4. The van der Waals surface area contributed by atoms with E-state index in [-0.39, 0.29) is 24.8 Å². The lowest BCUT2D eigenvalue weighted by Gasteiger charge is -2.25. The van der Waals surface area contributed by atoms with Crippen molar-refractivity contribution in [2.24, 2.45) is 28.1 Å². The summed E-state index contributed by atoms with van der Waals surface area (Å²) >= 11 is 1.48. The second-order valence-electron chi connectivity index (χ2n) is 7.70. The van der Waals surface area contributed by atoms with Gasteiger partial charge < -0.3 is 43.4 Å². The minimum absolute atomic E-state index is 0.0841. The fourth-order valence-electron chi connectivity index (χ4n) is 2.58. The summed E-state index contributed by atoms with van der Waals surface area (Å²) in [4.78, 5) is 52.9. The first-order valence-electron chi connectivity index (χ1n) is 10.5. The zero-order valence-corrected chi connectivity index (χ0v) is 20.1. The Bertz CT molecular complexity index is 688. The number of thioether (sulfide) groups is 1. The molecule has 0 aromatic rings. The van der Waals surface area contributed by atoms with E-state index in [9.17, 15) is 24.3 Å². The fourth-order valence-corrected chi connectivity index (χ4v) is 3.05. The van der Waals surface area contributed by atoms with Crippen LogP contribution in [-0.4, -0.2) is 89.2 Å². The third-order valence-corrected chi connectivity index (χ3v) is 5.28. The van der Waals surface area contributed by atoms with Crippen molar-refractivity contribution < 1.29 is 29.4 Å². The lowest BCUT2D eigenvalue weighted by Crippen LogP contribution is -2.58. The molecule has 0 fully saturated rings. The number of carbonyl (C=O) groups is 4. The Labute approximate surface area is 197 Å². The van der Waals surface area contributed by atoms with Crippen molar-refractivity contribution in [1.29, 1.82) is 0 Å². The number of nitrogens with zero attached hydrogens (tertiary/aromatic N) is 1. The molecule has 14 heteroatoms. The second kappa shape index (κ2) is 16.1. The number of hydrogen-bond donors (Lipinski definition) is 8. The lowest BCUT2D eigenvalue weighted by molar-refractivity contribution is -0.143. The number of nitrogens with one attached hydrogen (secondary N) is 3. The molecule has 0 saturated carbocycles. The van der Waals surface area contributed by atoms with Crippen molar-refractivity contribution in [2.45, 2.75) is 57.3 Å². The average Bonchev–Trinajstić information content (AvgIpc) is 2.75. The number of carboxylic acid groups (broad SMARTS) is 1. The third kappa shape index (κ3) is 12.3. The van der Waals surface area contributed by atoms with Gasteiger partial charge in [0, 0.05) is 6.54 Å². The predicted molar refractivity (Wildman–Crippen MR) is 126 cm³/mol. The Morgan fingerprint density at radius 3 is 1.91 bits per heavy atom. The standard InChI is InChI=1S/C19H37N7O6S/c1-10(2)14(20)17(30)25-12(6-8-33-3)16(29)24-11(5-4-7-23-19(21)22)15(28)26-13(9-27)18(31)32/h10-14,27H,4-9,20H2,1-3H3,(H,24,29)(H,25,30)(H,26,28)(H,31,32)(H4,21,22,23). The van der Waals surface area contributed by atoms with Crippen LogP contribution in [0.3, 0.4) is 0 Å². The highest BCUT2D eigenvalue weighted by molar-refractivity contribution is 7.98. The van der Waals surface area contributed by atoms with E-state index in [1.54, 1.807) is 13.8 Å². The zero-order valence-electron chi connectivity index (χ0n) is 19.2. The van der Waals surface area contributed by atoms with Crippen LogP contribution in [0.1, 0.15) is 33.1 Å². The van der Waals surface area contributed by atoms with E-state index in [1.165, 1.54) is 11.8 Å². The number of aliphatic carboxylic acids is 1. The van der Waals surface area contributed by atoms with Crippen LogP contribution in [0.2, 0.25) is 0 Å². The van der Waals surface area contributed by atoms with Gasteiger partial charge in [-0.2, -0.15) is 11.8 Å². The second-order valence-corrected chi connectivity index (χ2v) is 8.69. The smallest absolute Gasteiger partial charge is 0.328 e. The highest BCUT2D eigenvalue weighted by atomic mass is 32.2. The van der Waals surface area contributed by atoms with Crippen LogP contribution in [0.4, 0.5) is 0 Å². The molecule has 0 radical (unpaired) electrons. The summed E-state index contributed by atoms with van der Waals surface area (Å²) < 4.78 is 0. The maximum Gasteiger partial charge on any atom is 0.328 e. The van der Waals surface area contributed by atoms with Crippen molar-refractivity contribution in [2.75, 3.05) is 25.2 Å².